The number of benzene rings is 1. The van der Waals surface area contributed by atoms with Crippen LogP contribution in [0.1, 0.15) is 58.7 Å². The monoisotopic (exact) mass is 626 g/mol. The lowest BCUT2D eigenvalue weighted by Gasteiger charge is -2.42. The van der Waals surface area contributed by atoms with Crippen LogP contribution in [-0.2, 0) is 9.47 Å². The number of fused-ring (bicyclic) bond motifs is 1. The SMILES string of the molecule is CC(C)(C)OC(=O)N1CCN(C2CCC(CNc3nc(N4CCOCC4)cc(-n4c(C(F)F)nc5ccccc54)n3)CC2)CC1. The average Bonchev–Trinajstić information content (AvgIpc) is 3.44. The molecule has 3 aromatic rings. The molecule has 11 nitrogen and oxygen atoms in total. The molecule has 1 amide bonds. The number of ether oxygens (including phenoxy) is 2. The Morgan fingerprint density at radius 1 is 0.978 bits per heavy atom. The molecule has 2 saturated heterocycles. The predicted octanol–water partition coefficient (Wildman–Crippen LogP) is 5.11. The van der Waals surface area contributed by atoms with Crippen LogP contribution in [0.5, 0.6) is 0 Å². The zero-order valence-electron chi connectivity index (χ0n) is 26.4. The maximum Gasteiger partial charge on any atom is 0.410 e. The molecule has 2 aromatic heterocycles. The number of alkyl halides is 2. The van der Waals surface area contributed by atoms with Crippen LogP contribution in [0.15, 0.2) is 30.3 Å². The van der Waals surface area contributed by atoms with Gasteiger partial charge in [0, 0.05) is 57.9 Å². The number of imidazole rings is 1. The van der Waals surface area contributed by atoms with E-state index in [2.05, 4.69) is 20.1 Å². The highest BCUT2D eigenvalue weighted by Gasteiger charge is 2.31. The van der Waals surface area contributed by atoms with E-state index in [-0.39, 0.29) is 11.9 Å². The normalized spacial score (nSPS) is 21.8. The Balaban J connectivity index is 1.11. The molecule has 0 radical (unpaired) electrons. The van der Waals surface area contributed by atoms with Crippen LogP contribution in [0.4, 0.5) is 25.3 Å². The molecule has 0 atom stereocenters. The molecular formula is C32H44F2N8O3. The maximum absolute atomic E-state index is 14.2. The molecule has 0 spiro atoms. The number of piperazine rings is 1. The first-order chi connectivity index (χ1) is 21.6. The van der Waals surface area contributed by atoms with Gasteiger partial charge in [-0.05, 0) is 64.5 Å². The minimum atomic E-state index is -2.76. The van der Waals surface area contributed by atoms with E-state index >= 15 is 0 Å². The van der Waals surface area contributed by atoms with Gasteiger partial charge in [0.05, 0.1) is 24.2 Å². The quantitative estimate of drug-likeness (QED) is 0.383. The molecule has 13 heteroatoms. The van der Waals surface area contributed by atoms with E-state index in [9.17, 15) is 13.6 Å². The highest BCUT2D eigenvalue weighted by atomic mass is 19.3. The number of anilines is 2. The third-order valence-electron chi connectivity index (χ3n) is 8.89. The Hall–Kier alpha value is -3.58. The van der Waals surface area contributed by atoms with E-state index < -0.39 is 12.0 Å². The van der Waals surface area contributed by atoms with Crippen molar-refractivity contribution >= 4 is 28.9 Å². The molecule has 4 heterocycles. The first-order valence-corrected chi connectivity index (χ1v) is 16.1. The Kier molecular flexibility index (Phi) is 9.36. The van der Waals surface area contributed by atoms with E-state index in [0.29, 0.717) is 86.5 Å². The van der Waals surface area contributed by atoms with Crippen molar-refractivity contribution in [3.05, 3.63) is 36.2 Å². The van der Waals surface area contributed by atoms with Gasteiger partial charge in [0.2, 0.25) is 5.95 Å². The van der Waals surface area contributed by atoms with Crippen LogP contribution < -0.4 is 10.2 Å². The number of nitrogens with zero attached hydrogens (tertiary/aromatic N) is 7. The minimum Gasteiger partial charge on any atom is -0.444 e. The smallest absolute Gasteiger partial charge is 0.410 e. The van der Waals surface area contributed by atoms with Crippen molar-refractivity contribution in [2.24, 2.45) is 5.92 Å². The van der Waals surface area contributed by atoms with Crippen LogP contribution in [-0.4, -0.2) is 106 Å². The van der Waals surface area contributed by atoms with Gasteiger partial charge in [-0.2, -0.15) is 9.97 Å². The molecule has 1 aromatic carbocycles. The summed E-state index contributed by atoms with van der Waals surface area (Å²) < 4.78 is 40.9. The summed E-state index contributed by atoms with van der Waals surface area (Å²) >= 11 is 0. The average molecular weight is 627 g/mol. The Morgan fingerprint density at radius 3 is 2.36 bits per heavy atom. The van der Waals surface area contributed by atoms with Gasteiger partial charge in [0.15, 0.2) is 5.82 Å². The number of rotatable bonds is 7. The summed E-state index contributed by atoms with van der Waals surface area (Å²) in [6.45, 7) is 12.0. The fraction of sp³-hybridized carbons (Fsp3) is 0.625. The van der Waals surface area contributed by atoms with Crippen molar-refractivity contribution in [1.82, 2.24) is 29.3 Å². The van der Waals surface area contributed by atoms with Crippen LogP contribution in [0.25, 0.3) is 16.9 Å². The maximum atomic E-state index is 14.2. The van der Waals surface area contributed by atoms with Gasteiger partial charge in [-0.1, -0.05) is 12.1 Å². The van der Waals surface area contributed by atoms with Gasteiger partial charge < -0.3 is 24.6 Å². The van der Waals surface area contributed by atoms with Crippen molar-refractivity contribution in [3.8, 4) is 5.82 Å². The standard InChI is InChI=1S/C32H44F2N8O3/c1-32(2,3)45-31(43)41-14-12-39(13-15-41)23-10-8-22(9-11-23)21-35-30-37-26(40-16-18-44-19-17-40)20-27(38-30)42-25-7-5-4-6-24(25)36-29(42)28(33)34/h4-7,20,22-23,28H,8-19,21H2,1-3H3,(H,35,37,38). The Morgan fingerprint density at radius 2 is 1.67 bits per heavy atom. The molecule has 1 N–H and O–H groups in total. The first kappa shape index (κ1) is 31.4. The Bertz CT molecular complexity index is 1460. The number of halogens is 2. The molecule has 0 bridgehead atoms. The predicted molar refractivity (Wildman–Crippen MR) is 168 cm³/mol. The molecule has 1 aliphatic carbocycles. The van der Waals surface area contributed by atoms with Crippen LogP contribution >= 0.6 is 0 Å². The van der Waals surface area contributed by atoms with Gasteiger partial charge in [0.1, 0.15) is 17.2 Å². The van der Waals surface area contributed by atoms with Crippen molar-refractivity contribution in [3.63, 3.8) is 0 Å². The number of carbonyl (C=O) groups is 1. The third kappa shape index (κ3) is 7.46. The summed E-state index contributed by atoms with van der Waals surface area (Å²) in [6, 6.07) is 9.41. The van der Waals surface area contributed by atoms with Crippen LogP contribution in [0.3, 0.4) is 0 Å². The van der Waals surface area contributed by atoms with Crippen molar-refractivity contribution in [2.75, 3.05) is 69.2 Å². The first-order valence-electron chi connectivity index (χ1n) is 16.1. The third-order valence-corrected chi connectivity index (χ3v) is 8.89. The second-order valence-electron chi connectivity index (χ2n) is 13.2. The molecule has 3 fully saturated rings. The number of para-hydroxylation sites is 2. The topological polar surface area (TPSA) is 101 Å². The second-order valence-corrected chi connectivity index (χ2v) is 13.2. The van der Waals surface area contributed by atoms with E-state index in [1.807, 2.05) is 31.7 Å². The summed E-state index contributed by atoms with van der Waals surface area (Å²) in [5.74, 6) is 1.59. The van der Waals surface area contributed by atoms with Gasteiger partial charge in [0.25, 0.3) is 6.43 Å². The Labute approximate surface area is 262 Å². The minimum absolute atomic E-state index is 0.230. The number of carbonyl (C=O) groups excluding carboxylic acids is 1. The van der Waals surface area contributed by atoms with Crippen molar-refractivity contribution in [1.29, 1.82) is 0 Å². The number of hydrogen-bond acceptors (Lipinski definition) is 9. The summed E-state index contributed by atoms with van der Waals surface area (Å²) in [5.41, 5.74) is 0.590. The van der Waals surface area contributed by atoms with E-state index in [0.717, 1.165) is 38.8 Å². The number of hydrogen-bond donors (Lipinski definition) is 1. The lowest BCUT2D eigenvalue weighted by atomic mass is 9.85. The van der Waals surface area contributed by atoms with E-state index in [1.54, 1.807) is 24.3 Å². The van der Waals surface area contributed by atoms with E-state index in [4.69, 9.17) is 19.4 Å². The molecule has 3 aliphatic rings. The summed E-state index contributed by atoms with van der Waals surface area (Å²) in [5, 5.41) is 3.45. The molecular weight excluding hydrogens is 582 g/mol. The number of morpholine rings is 1. The van der Waals surface area contributed by atoms with E-state index in [1.165, 1.54) is 4.57 Å². The van der Waals surface area contributed by atoms with Gasteiger partial charge in [-0.15, -0.1) is 0 Å². The fourth-order valence-electron chi connectivity index (χ4n) is 6.55. The summed E-state index contributed by atoms with van der Waals surface area (Å²) in [7, 11) is 0. The van der Waals surface area contributed by atoms with Crippen LogP contribution in [0.2, 0.25) is 0 Å². The number of nitrogens with one attached hydrogen (secondary N) is 1. The fourth-order valence-corrected chi connectivity index (χ4v) is 6.55. The van der Waals surface area contributed by atoms with Crippen molar-refractivity contribution < 1.29 is 23.0 Å². The van der Waals surface area contributed by atoms with Gasteiger partial charge in [-0.25, -0.2) is 18.6 Å². The lowest BCUT2D eigenvalue weighted by molar-refractivity contribution is 0.00731. The number of amides is 1. The second kappa shape index (κ2) is 13.4. The molecule has 2 aliphatic heterocycles. The van der Waals surface area contributed by atoms with Crippen LogP contribution in [0, 0.1) is 5.92 Å². The summed E-state index contributed by atoms with van der Waals surface area (Å²) in [4.78, 5) is 32.7. The highest BCUT2D eigenvalue weighted by Crippen LogP contribution is 2.31. The molecule has 45 heavy (non-hydrogen) atoms. The zero-order chi connectivity index (χ0) is 31.6. The largest absolute Gasteiger partial charge is 0.444 e. The molecule has 0 unspecified atom stereocenters. The summed E-state index contributed by atoms with van der Waals surface area (Å²) in [6.07, 6.45) is 1.34. The van der Waals surface area contributed by atoms with Gasteiger partial charge in [-0.3, -0.25) is 9.47 Å². The lowest BCUT2D eigenvalue weighted by Crippen LogP contribution is -2.53. The highest BCUT2D eigenvalue weighted by molar-refractivity contribution is 5.78. The number of aromatic nitrogens is 4. The van der Waals surface area contributed by atoms with Crippen molar-refractivity contribution in [2.45, 2.75) is 64.5 Å². The van der Waals surface area contributed by atoms with Gasteiger partial charge >= 0.3 is 6.09 Å². The molecule has 244 valence electrons. The molecule has 6 rings (SSSR count). The molecule has 1 saturated carbocycles. The zero-order valence-corrected chi connectivity index (χ0v) is 26.4.